The number of piperazine rings is 1. The van der Waals surface area contributed by atoms with Gasteiger partial charge in [0.2, 0.25) is 11.9 Å². The van der Waals surface area contributed by atoms with Gasteiger partial charge in [-0.2, -0.15) is 26.3 Å². The molecule has 27 heteroatoms. The Morgan fingerprint density at radius 3 is 1.87 bits per heavy atom. The summed E-state index contributed by atoms with van der Waals surface area (Å²) in [5, 5.41) is 27.6. The van der Waals surface area contributed by atoms with Gasteiger partial charge in [0, 0.05) is 80.7 Å². The van der Waals surface area contributed by atoms with Gasteiger partial charge in [0.15, 0.2) is 5.82 Å². The number of alkyl halides is 6. The second kappa shape index (κ2) is 24.2. The van der Waals surface area contributed by atoms with Gasteiger partial charge in [0.05, 0.1) is 54.9 Å². The summed E-state index contributed by atoms with van der Waals surface area (Å²) in [5.41, 5.74) is -3.98. The molecule has 4 aromatic rings. The molecule has 6 N–H and O–H groups in total. The van der Waals surface area contributed by atoms with E-state index in [1.165, 1.54) is 48.0 Å². The summed E-state index contributed by atoms with van der Waals surface area (Å²) in [5.74, 6) is 0.479. The van der Waals surface area contributed by atoms with Crippen LogP contribution < -0.4 is 26.3 Å². The minimum Gasteiger partial charge on any atom is -0.465 e. The molecule has 0 saturated carbocycles. The van der Waals surface area contributed by atoms with Crippen molar-refractivity contribution in [3.8, 4) is 23.2 Å². The molecule has 6 rings (SSSR count). The van der Waals surface area contributed by atoms with E-state index in [1.807, 2.05) is 10.7 Å². The number of hydrogen-bond donors (Lipinski definition) is 6. The minimum absolute atomic E-state index is 0.114. The van der Waals surface area contributed by atoms with Gasteiger partial charge >= 0.3 is 24.5 Å². The van der Waals surface area contributed by atoms with Crippen molar-refractivity contribution >= 4 is 29.9 Å². The summed E-state index contributed by atoms with van der Waals surface area (Å²) in [6, 6.07) is 2.67. The number of aliphatic hydroxyl groups is 1. The lowest BCUT2D eigenvalue weighted by molar-refractivity contribution is -0.221. The Labute approximate surface area is 430 Å². The molecule has 4 amide bonds. The fourth-order valence-corrected chi connectivity index (χ4v) is 7.96. The molecule has 2 aromatic carbocycles. The number of nitrogens with zero attached hydrogens (tertiary/aromatic N) is 7. The molecule has 0 unspecified atom stereocenters. The summed E-state index contributed by atoms with van der Waals surface area (Å²) >= 11 is 0. The van der Waals surface area contributed by atoms with Gasteiger partial charge in [-0.25, -0.2) is 43.3 Å². The lowest BCUT2D eigenvalue weighted by Crippen LogP contribution is -2.63. The zero-order valence-electron chi connectivity index (χ0n) is 41.6. The fraction of sp³-hybridized carbons (Fsp3) is 0.469. The molecule has 4 atom stereocenters. The molecule has 2 fully saturated rings. The average molecular weight is 1080 g/mol. The van der Waals surface area contributed by atoms with Crippen LogP contribution in [0.4, 0.5) is 50.7 Å². The van der Waals surface area contributed by atoms with Crippen LogP contribution in [-0.4, -0.2) is 160 Å². The third kappa shape index (κ3) is 14.3. The van der Waals surface area contributed by atoms with E-state index in [4.69, 9.17) is 4.74 Å². The van der Waals surface area contributed by atoms with Crippen molar-refractivity contribution in [3.63, 3.8) is 0 Å². The zero-order valence-corrected chi connectivity index (χ0v) is 41.6. The Hall–Kier alpha value is -7.28. The van der Waals surface area contributed by atoms with E-state index in [9.17, 15) is 55.7 Å². The average Bonchev–Trinajstić information content (AvgIpc) is 3.35. The molecule has 2 aliphatic heterocycles. The highest BCUT2D eigenvalue weighted by atomic mass is 19.4. The lowest BCUT2D eigenvalue weighted by Gasteiger charge is -2.42. The third-order valence-electron chi connectivity index (χ3n) is 13.1. The molecule has 2 aliphatic rings. The first kappa shape index (κ1) is 58.0. The van der Waals surface area contributed by atoms with Gasteiger partial charge in [0.1, 0.15) is 23.7 Å². The van der Waals surface area contributed by atoms with E-state index in [-0.39, 0.29) is 17.0 Å². The zero-order chi connectivity index (χ0) is 55.8. The van der Waals surface area contributed by atoms with Crippen LogP contribution in [0.3, 0.4) is 0 Å². The number of hydrogen-bond acceptors (Lipinski definition) is 14. The van der Waals surface area contributed by atoms with Gasteiger partial charge in [-0.05, 0) is 70.0 Å². The predicted octanol–water partition coefficient (Wildman–Crippen LogP) is 4.59. The highest BCUT2D eigenvalue weighted by Crippen LogP contribution is 2.42. The number of hydrazine groups is 1. The summed E-state index contributed by atoms with van der Waals surface area (Å²) in [6.07, 6.45) is -10.8. The van der Waals surface area contributed by atoms with Crippen LogP contribution in [0.2, 0.25) is 0 Å². The number of alkyl carbamates (subject to hydrolysis) is 1. The number of carbonyl (C=O) groups is 4. The highest BCUT2D eigenvalue weighted by Gasteiger charge is 2.57. The first-order valence-corrected chi connectivity index (χ1v) is 23.4. The standard InChI is InChI=1S/C49H55F8N11O8/c1-46(2,48(52,53)54)38(64-45(74)75-5)41(70)62-36(19-29-10-7-28(8-11-29)9-12-30-22-60-43(61-23-30)67-17-15-66(16-18-67)32-26-76-27-32)37(69)25-68(65-42(71)39(63-44(72)73)47(3,4)49(55,56)57)24-33-34(50)20-31(21-35(33)51)40-58-13-6-14-59-40/h6-8,10-11,13-14,20-23,32,36-39,63,69H,15-19,24-27H2,1-5H3,(H,62,70)(H,64,74)(H,65,71)(H,72,73)/t36-,37-,38+,39+/m0/s1. The van der Waals surface area contributed by atoms with E-state index in [0.29, 0.717) is 55.8 Å². The number of carboxylic acid groups (broad SMARTS) is 1. The number of anilines is 1. The maximum absolute atomic E-state index is 15.9. The van der Waals surface area contributed by atoms with Crippen molar-refractivity contribution < 1.29 is 74.0 Å². The molecule has 2 aromatic heterocycles. The van der Waals surface area contributed by atoms with Gasteiger partial charge in [-0.15, -0.1) is 0 Å². The number of aliphatic hydroxyl groups excluding tert-OH is 1. The molecule has 0 radical (unpaired) electrons. The lowest BCUT2D eigenvalue weighted by atomic mass is 9.82. The number of rotatable bonds is 18. The Balaban J connectivity index is 1.31. The molecule has 0 aliphatic carbocycles. The number of benzene rings is 2. The van der Waals surface area contributed by atoms with E-state index < -0.39 is 108 Å². The van der Waals surface area contributed by atoms with Crippen molar-refractivity contribution in [2.45, 2.75) is 83.3 Å². The van der Waals surface area contributed by atoms with Gasteiger partial charge in [-0.1, -0.05) is 24.0 Å². The largest absolute Gasteiger partial charge is 0.465 e. The van der Waals surface area contributed by atoms with Crippen LogP contribution >= 0.6 is 0 Å². The van der Waals surface area contributed by atoms with E-state index in [0.717, 1.165) is 58.6 Å². The highest BCUT2D eigenvalue weighted by molar-refractivity contribution is 5.87. The Morgan fingerprint density at radius 2 is 1.36 bits per heavy atom. The summed E-state index contributed by atoms with van der Waals surface area (Å²) in [6.45, 7) is 4.62. The molecule has 2 saturated heterocycles. The summed E-state index contributed by atoms with van der Waals surface area (Å²) < 4.78 is 128. The van der Waals surface area contributed by atoms with Crippen LogP contribution in [0.1, 0.15) is 49.9 Å². The number of methoxy groups -OCH3 is 1. The molecule has 0 bridgehead atoms. The van der Waals surface area contributed by atoms with Crippen molar-refractivity contribution in [3.05, 3.63) is 101 Å². The predicted molar refractivity (Wildman–Crippen MR) is 254 cm³/mol. The normalized spacial score (nSPS) is 16.3. The molecule has 0 spiro atoms. The van der Waals surface area contributed by atoms with Crippen molar-refractivity contribution in [2.24, 2.45) is 10.8 Å². The van der Waals surface area contributed by atoms with Crippen LogP contribution in [0.5, 0.6) is 0 Å². The van der Waals surface area contributed by atoms with Crippen molar-refractivity contribution in [1.29, 1.82) is 0 Å². The molecule has 19 nitrogen and oxygen atoms in total. The number of aromatic nitrogens is 4. The molecular formula is C49H55F8N11O8. The van der Waals surface area contributed by atoms with Crippen molar-refractivity contribution in [1.82, 2.24) is 51.2 Å². The quantitative estimate of drug-likeness (QED) is 0.0454. The fourth-order valence-electron chi connectivity index (χ4n) is 7.96. The summed E-state index contributed by atoms with van der Waals surface area (Å²) in [4.78, 5) is 73.2. The molecule has 76 heavy (non-hydrogen) atoms. The van der Waals surface area contributed by atoms with Gasteiger partial charge in [-0.3, -0.25) is 19.9 Å². The monoisotopic (exact) mass is 1080 g/mol. The number of halogens is 8. The Bertz CT molecular complexity index is 2710. The third-order valence-corrected chi connectivity index (χ3v) is 13.1. The van der Waals surface area contributed by atoms with E-state index in [1.54, 1.807) is 12.4 Å². The van der Waals surface area contributed by atoms with Crippen LogP contribution in [0.25, 0.3) is 11.4 Å². The number of nitrogens with one attached hydrogen (secondary N) is 4. The van der Waals surface area contributed by atoms with Gasteiger partial charge < -0.3 is 40.5 Å². The molecular weight excluding hydrogens is 1020 g/mol. The second-order valence-corrected chi connectivity index (χ2v) is 19.1. The molecule has 4 heterocycles. The molecule has 410 valence electrons. The van der Waals surface area contributed by atoms with Crippen molar-refractivity contribution in [2.75, 3.05) is 57.9 Å². The first-order valence-electron chi connectivity index (χ1n) is 23.4. The summed E-state index contributed by atoms with van der Waals surface area (Å²) in [7, 11) is 0.828. The number of amides is 4. The van der Waals surface area contributed by atoms with E-state index in [2.05, 4.69) is 51.6 Å². The van der Waals surface area contributed by atoms with Crippen LogP contribution in [0, 0.1) is 34.3 Å². The Morgan fingerprint density at radius 1 is 0.803 bits per heavy atom. The van der Waals surface area contributed by atoms with E-state index >= 15 is 8.78 Å². The second-order valence-electron chi connectivity index (χ2n) is 19.1. The number of carbonyl (C=O) groups excluding carboxylic acids is 3. The maximum atomic E-state index is 15.9. The smallest absolute Gasteiger partial charge is 0.407 e. The number of ether oxygens (including phenoxy) is 2. The van der Waals surface area contributed by atoms with Crippen LogP contribution in [-0.2, 0) is 32.0 Å². The SMILES string of the molecule is COC(=O)N[C@H](C(=O)N[C@@H](Cc1ccc(C#Cc2cnc(N3CCN(C4COC4)CC3)nc2)cc1)[C@@H](O)CN(Cc1c(F)cc(-c2ncccn2)cc1F)NC(=O)[C@@H](NC(=O)O)C(C)(C)C(F)(F)F)C(C)(C)C(F)(F)F. The Kier molecular flexibility index (Phi) is 18.4. The maximum Gasteiger partial charge on any atom is 0.407 e. The first-order chi connectivity index (χ1) is 35.7. The van der Waals surface area contributed by atoms with Crippen LogP contribution in [0.15, 0.2) is 67.3 Å². The topological polar surface area (TPSA) is 237 Å². The minimum atomic E-state index is -5.24. The van der Waals surface area contributed by atoms with Gasteiger partial charge in [0.25, 0.3) is 5.91 Å².